The summed E-state index contributed by atoms with van der Waals surface area (Å²) in [4.78, 5) is 0. The standard InChI is InChI=1S/C28H27N5OS/c1-21-8-7-9-22(18-21)20-34-27-15-14-23-10-5-6-13-25(23)26(27)19-29-16-17-35-28-30-31-32-33(28)24-11-3-2-4-12-24/h2-15,18,29H,16-17,19-20H2,1H3. The summed E-state index contributed by atoms with van der Waals surface area (Å²) < 4.78 is 8.06. The molecule has 0 aliphatic rings. The fourth-order valence-corrected chi connectivity index (χ4v) is 4.81. The highest BCUT2D eigenvalue weighted by Crippen LogP contribution is 2.29. The summed E-state index contributed by atoms with van der Waals surface area (Å²) in [6, 6.07) is 31.0. The fraction of sp³-hybridized carbons (Fsp3) is 0.179. The van der Waals surface area contributed by atoms with Crippen LogP contribution in [-0.2, 0) is 13.2 Å². The van der Waals surface area contributed by atoms with Gasteiger partial charge in [-0.15, -0.1) is 5.10 Å². The molecular weight excluding hydrogens is 454 g/mol. The lowest BCUT2D eigenvalue weighted by molar-refractivity contribution is 0.303. The third kappa shape index (κ3) is 5.70. The summed E-state index contributed by atoms with van der Waals surface area (Å²) in [6.45, 7) is 4.18. The highest BCUT2D eigenvalue weighted by Gasteiger charge is 2.11. The predicted octanol–water partition coefficient (Wildman–Crippen LogP) is 5.58. The van der Waals surface area contributed by atoms with E-state index in [2.05, 4.69) is 88.4 Å². The average Bonchev–Trinajstić information content (AvgIpc) is 3.37. The van der Waals surface area contributed by atoms with E-state index >= 15 is 0 Å². The van der Waals surface area contributed by atoms with E-state index in [1.165, 1.54) is 27.5 Å². The molecule has 0 aliphatic carbocycles. The van der Waals surface area contributed by atoms with Gasteiger partial charge >= 0.3 is 0 Å². The van der Waals surface area contributed by atoms with Crippen LogP contribution in [0.5, 0.6) is 5.75 Å². The van der Waals surface area contributed by atoms with Gasteiger partial charge in [-0.1, -0.05) is 90.1 Å². The maximum atomic E-state index is 6.29. The van der Waals surface area contributed by atoms with Crippen molar-refractivity contribution in [1.29, 1.82) is 0 Å². The van der Waals surface area contributed by atoms with Gasteiger partial charge in [0.2, 0.25) is 5.16 Å². The van der Waals surface area contributed by atoms with Crippen molar-refractivity contribution in [3.8, 4) is 11.4 Å². The third-order valence-corrected chi connectivity index (χ3v) is 6.65. The molecule has 0 fully saturated rings. The van der Waals surface area contributed by atoms with Gasteiger partial charge < -0.3 is 10.1 Å². The van der Waals surface area contributed by atoms with E-state index in [1.807, 2.05) is 30.3 Å². The Morgan fingerprint density at radius 2 is 1.77 bits per heavy atom. The van der Waals surface area contributed by atoms with Gasteiger partial charge in [-0.3, -0.25) is 0 Å². The molecule has 0 saturated carbocycles. The second-order valence-electron chi connectivity index (χ2n) is 8.28. The van der Waals surface area contributed by atoms with Crippen molar-refractivity contribution in [3.63, 3.8) is 0 Å². The third-order valence-electron chi connectivity index (χ3n) is 5.73. The Bertz CT molecular complexity index is 1400. The molecule has 0 amide bonds. The van der Waals surface area contributed by atoms with Crippen LogP contribution in [-0.4, -0.2) is 32.5 Å². The lowest BCUT2D eigenvalue weighted by Gasteiger charge is -2.15. The Morgan fingerprint density at radius 1 is 0.914 bits per heavy atom. The van der Waals surface area contributed by atoms with Crippen LogP contribution in [0.15, 0.2) is 96.2 Å². The molecule has 5 rings (SSSR count). The highest BCUT2D eigenvalue weighted by atomic mass is 32.2. The number of aromatic nitrogens is 4. The zero-order chi connectivity index (χ0) is 23.9. The molecule has 0 spiro atoms. The Morgan fingerprint density at radius 3 is 2.66 bits per heavy atom. The van der Waals surface area contributed by atoms with Gasteiger partial charge in [0.1, 0.15) is 12.4 Å². The minimum atomic E-state index is 0.547. The van der Waals surface area contributed by atoms with Crippen LogP contribution >= 0.6 is 11.8 Å². The van der Waals surface area contributed by atoms with Crippen molar-refractivity contribution >= 4 is 22.5 Å². The number of aryl methyl sites for hydroxylation is 1. The fourth-order valence-electron chi connectivity index (χ4n) is 4.02. The largest absolute Gasteiger partial charge is 0.489 e. The van der Waals surface area contributed by atoms with Gasteiger partial charge in [0.25, 0.3) is 0 Å². The molecule has 6 nitrogen and oxygen atoms in total. The molecule has 4 aromatic carbocycles. The van der Waals surface area contributed by atoms with Gasteiger partial charge in [-0.2, -0.15) is 4.68 Å². The molecule has 0 atom stereocenters. The first-order chi connectivity index (χ1) is 17.3. The number of tetrazole rings is 1. The van der Waals surface area contributed by atoms with Crippen molar-refractivity contribution in [3.05, 3.63) is 108 Å². The maximum Gasteiger partial charge on any atom is 0.214 e. The molecule has 5 aromatic rings. The van der Waals surface area contributed by atoms with Gasteiger partial charge in [0, 0.05) is 24.4 Å². The summed E-state index contributed by atoms with van der Waals surface area (Å²) in [6.07, 6.45) is 0. The lowest BCUT2D eigenvalue weighted by Crippen LogP contribution is -2.18. The Labute approximate surface area is 209 Å². The van der Waals surface area contributed by atoms with Crippen LogP contribution in [0.4, 0.5) is 0 Å². The first-order valence-electron chi connectivity index (χ1n) is 11.6. The molecule has 1 heterocycles. The second kappa shape index (κ2) is 11.2. The van der Waals surface area contributed by atoms with E-state index in [0.29, 0.717) is 13.2 Å². The van der Waals surface area contributed by atoms with E-state index < -0.39 is 0 Å². The SMILES string of the molecule is Cc1cccc(COc2ccc3ccccc3c2CNCCSc2nnnn2-c2ccccc2)c1. The highest BCUT2D eigenvalue weighted by molar-refractivity contribution is 7.99. The van der Waals surface area contributed by atoms with Crippen LogP contribution in [0, 0.1) is 6.92 Å². The Hall–Kier alpha value is -3.68. The summed E-state index contributed by atoms with van der Waals surface area (Å²) in [5.41, 5.74) is 4.54. The minimum absolute atomic E-state index is 0.547. The van der Waals surface area contributed by atoms with Crippen molar-refractivity contribution in [2.75, 3.05) is 12.3 Å². The van der Waals surface area contributed by atoms with E-state index in [4.69, 9.17) is 4.74 Å². The first-order valence-corrected chi connectivity index (χ1v) is 12.6. The quantitative estimate of drug-likeness (QED) is 0.207. The molecule has 176 valence electrons. The number of nitrogens with zero attached hydrogens (tertiary/aromatic N) is 4. The molecule has 0 aliphatic heterocycles. The molecule has 0 bridgehead atoms. The number of thioether (sulfide) groups is 1. The average molecular weight is 482 g/mol. The number of rotatable bonds is 10. The number of fused-ring (bicyclic) bond motifs is 1. The van der Waals surface area contributed by atoms with Crippen molar-refractivity contribution < 1.29 is 4.74 Å². The van der Waals surface area contributed by atoms with E-state index in [-0.39, 0.29) is 0 Å². The molecule has 35 heavy (non-hydrogen) atoms. The Kier molecular flexibility index (Phi) is 7.36. The zero-order valence-electron chi connectivity index (χ0n) is 19.6. The number of benzene rings is 4. The van der Waals surface area contributed by atoms with Gasteiger partial charge in [0.15, 0.2) is 0 Å². The molecule has 0 saturated heterocycles. The van der Waals surface area contributed by atoms with E-state index in [0.717, 1.165) is 28.9 Å². The zero-order valence-corrected chi connectivity index (χ0v) is 20.4. The number of nitrogens with one attached hydrogen (secondary N) is 1. The first kappa shape index (κ1) is 23.1. The number of ether oxygens (including phenoxy) is 1. The van der Waals surface area contributed by atoms with Crippen molar-refractivity contribution in [1.82, 2.24) is 25.5 Å². The number of hydrogen-bond acceptors (Lipinski definition) is 6. The van der Waals surface area contributed by atoms with Crippen molar-refractivity contribution in [2.24, 2.45) is 0 Å². The topological polar surface area (TPSA) is 64.9 Å². The number of hydrogen-bond donors (Lipinski definition) is 1. The normalized spacial score (nSPS) is 11.1. The van der Waals surface area contributed by atoms with Crippen LogP contribution in [0.3, 0.4) is 0 Å². The summed E-state index contributed by atoms with van der Waals surface area (Å²) in [7, 11) is 0. The monoisotopic (exact) mass is 481 g/mol. The van der Waals surface area contributed by atoms with Crippen LogP contribution < -0.4 is 10.1 Å². The Balaban J connectivity index is 1.23. The summed E-state index contributed by atoms with van der Waals surface area (Å²) in [5, 5.41) is 18.9. The van der Waals surface area contributed by atoms with E-state index in [9.17, 15) is 0 Å². The molecular formula is C28H27N5OS. The second-order valence-corrected chi connectivity index (χ2v) is 9.34. The maximum absolute atomic E-state index is 6.29. The van der Waals surface area contributed by atoms with Crippen LogP contribution in [0.25, 0.3) is 16.5 Å². The molecule has 7 heteroatoms. The van der Waals surface area contributed by atoms with Gasteiger partial charge in [0.05, 0.1) is 5.69 Å². The van der Waals surface area contributed by atoms with Gasteiger partial charge in [-0.25, -0.2) is 0 Å². The predicted molar refractivity (Wildman–Crippen MR) is 141 cm³/mol. The smallest absolute Gasteiger partial charge is 0.214 e. The minimum Gasteiger partial charge on any atom is -0.489 e. The molecule has 0 radical (unpaired) electrons. The number of para-hydroxylation sites is 1. The van der Waals surface area contributed by atoms with E-state index in [1.54, 1.807) is 16.4 Å². The molecule has 1 N–H and O–H groups in total. The molecule has 1 aromatic heterocycles. The lowest BCUT2D eigenvalue weighted by atomic mass is 10.0. The summed E-state index contributed by atoms with van der Waals surface area (Å²) >= 11 is 1.63. The van der Waals surface area contributed by atoms with Crippen LogP contribution in [0.2, 0.25) is 0 Å². The summed E-state index contributed by atoms with van der Waals surface area (Å²) in [5.74, 6) is 1.76. The van der Waals surface area contributed by atoms with Crippen LogP contribution in [0.1, 0.15) is 16.7 Å². The van der Waals surface area contributed by atoms with Crippen molar-refractivity contribution in [2.45, 2.75) is 25.2 Å². The van der Waals surface area contributed by atoms with Gasteiger partial charge in [-0.05, 0) is 51.9 Å². The molecule has 0 unspecified atom stereocenters.